The molecule has 1 aromatic heterocycles. The first-order valence-electron chi connectivity index (χ1n) is 9.46. The number of aromatic nitrogens is 1. The molecule has 1 N–H and O–H groups in total. The van der Waals surface area contributed by atoms with Crippen LogP contribution in [0.5, 0.6) is 0 Å². The number of esters is 1. The van der Waals surface area contributed by atoms with Gasteiger partial charge in [0, 0.05) is 25.0 Å². The molecule has 0 saturated carbocycles. The van der Waals surface area contributed by atoms with Crippen LogP contribution in [-0.2, 0) is 20.7 Å². The number of fused-ring (bicyclic) bond motifs is 1. The van der Waals surface area contributed by atoms with Gasteiger partial charge in [-0.3, -0.25) is 14.5 Å². The maximum absolute atomic E-state index is 12.2. The molecule has 2 heterocycles. The molecule has 6 nitrogen and oxygen atoms in total. The Kier molecular flexibility index (Phi) is 6.79. The van der Waals surface area contributed by atoms with Crippen LogP contribution in [0.1, 0.15) is 37.1 Å². The quantitative estimate of drug-likeness (QED) is 0.703. The number of nitrogens with one attached hydrogen (secondary N) is 1. The molecule has 2 atom stereocenters. The predicted molar refractivity (Wildman–Crippen MR) is 107 cm³/mol. The maximum Gasteiger partial charge on any atom is 0.307 e. The number of likely N-dealkylation sites (N-methyl/N-ethyl adjacent to an activating group) is 1. The van der Waals surface area contributed by atoms with E-state index in [-0.39, 0.29) is 24.0 Å². The van der Waals surface area contributed by atoms with E-state index < -0.39 is 0 Å². The summed E-state index contributed by atoms with van der Waals surface area (Å²) in [6.45, 7) is 0.633. The fourth-order valence-electron chi connectivity index (χ4n) is 3.61. The molecule has 0 radical (unpaired) electrons. The number of aryl methyl sites for hydroxylation is 1. The molecule has 1 aliphatic heterocycles. The SMILES string of the molecule is COC(=O)C[C@H]1CC[C@@H](CNC(=O)CCCc2nc3ccccc3s2)N1C. The Bertz CT molecular complexity index is 759. The molecule has 0 aliphatic carbocycles. The fraction of sp³-hybridized carbons (Fsp3) is 0.550. The smallest absolute Gasteiger partial charge is 0.307 e. The van der Waals surface area contributed by atoms with Crippen molar-refractivity contribution in [3.05, 3.63) is 29.3 Å². The number of nitrogens with zero attached hydrogens (tertiary/aromatic N) is 2. The van der Waals surface area contributed by atoms with Crippen LogP contribution >= 0.6 is 11.3 Å². The molecule has 0 unspecified atom stereocenters. The van der Waals surface area contributed by atoms with Crippen molar-refractivity contribution in [2.45, 2.75) is 50.6 Å². The number of ether oxygens (including phenoxy) is 1. The van der Waals surface area contributed by atoms with Gasteiger partial charge in [-0.05, 0) is 44.9 Å². The van der Waals surface area contributed by atoms with Crippen LogP contribution in [0, 0.1) is 0 Å². The second-order valence-corrected chi connectivity index (χ2v) is 8.18. The van der Waals surface area contributed by atoms with Crippen molar-refractivity contribution >= 4 is 33.4 Å². The van der Waals surface area contributed by atoms with Crippen molar-refractivity contribution < 1.29 is 14.3 Å². The predicted octanol–water partition coefficient (Wildman–Crippen LogP) is 2.76. The minimum atomic E-state index is -0.175. The highest BCUT2D eigenvalue weighted by Gasteiger charge is 2.32. The molecule has 1 aromatic carbocycles. The van der Waals surface area contributed by atoms with Gasteiger partial charge in [0.25, 0.3) is 0 Å². The van der Waals surface area contributed by atoms with E-state index in [1.807, 2.05) is 25.2 Å². The number of hydrogen-bond donors (Lipinski definition) is 1. The zero-order valence-corrected chi connectivity index (χ0v) is 16.8. The molecule has 1 fully saturated rings. The molecule has 1 saturated heterocycles. The van der Waals surface area contributed by atoms with Gasteiger partial charge in [-0.2, -0.15) is 0 Å². The fourth-order valence-corrected chi connectivity index (χ4v) is 4.61. The number of rotatable bonds is 8. The highest BCUT2D eigenvalue weighted by atomic mass is 32.1. The third kappa shape index (κ3) is 5.26. The Morgan fingerprint density at radius 1 is 1.30 bits per heavy atom. The molecule has 3 rings (SSSR count). The number of benzene rings is 1. The summed E-state index contributed by atoms with van der Waals surface area (Å²) >= 11 is 1.70. The minimum absolute atomic E-state index is 0.0842. The largest absolute Gasteiger partial charge is 0.469 e. The minimum Gasteiger partial charge on any atom is -0.469 e. The molecule has 146 valence electrons. The second-order valence-electron chi connectivity index (χ2n) is 7.06. The van der Waals surface area contributed by atoms with Gasteiger partial charge < -0.3 is 10.1 Å². The molecule has 27 heavy (non-hydrogen) atoms. The van der Waals surface area contributed by atoms with Crippen LogP contribution < -0.4 is 5.32 Å². The van der Waals surface area contributed by atoms with E-state index in [2.05, 4.69) is 21.3 Å². The molecule has 7 heteroatoms. The van der Waals surface area contributed by atoms with Gasteiger partial charge in [-0.1, -0.05) is 12.1 Å². The lowest BCUT2D eigenvalue weighted by molar-refractivity contribution is -0.141. The number of amides is 1. The lowest BCUT2D eigenvalue weighted by Crippen LogP contribution is -2.41. The first kappa shape index (κ1) is 19.8. The highest BCUT2D eigenvalue weighted by molar-refractivity contribution is 7.18. The number of para-hydroxylation sites is 1. The van der Waals surface area contributed by atoms with Crippen molar-refractivity contribution in [3.8, 4) is 0 Å². The van der Waals surface area contributed by atoms with E-state index in [1.165, 1.54) is 11.8 Å². The Labute approximate surface area is 163 Å². The maximum atomic E-state index is 12.2. The third-order valence-corrected chi connectivity index (χ3v) is 6.38. The number of thiazole rings is 1. The lowest BCUT2D eigenvalue weighted by atomic mass is 10.1. The van der Waals surface area contributed by atoms with Crippen molar-refractivity contribution in [2.75, 3.05) is 20.7 Å². The van der Waals surface area contributed by atoms with Gasteiger partial charge in [-0.25, -0.2) is 4.98 Å². The first-order valence-corrected chi connectivity index (χ1v) is 10.3. The first-order chi connectivity index (χ1) is 13.1. The lowest BCUT2D eigenvalue weighted by Gasteiger charge is -2.25. The molecule has 0 spiro atoms. The second kappa shape index (κ2) is 9.28. The van der Waals surface area contributed by atoms with Crippen molar-refractivity contribution in [2.24, 2.45) is 0 Å². The zero-order valence-electron chi connectivity index (χ0n) is 15.9. The third-order valence-electron chi connectivity index (χ3n) is 5.28. The summed E-state index contributed by atoms with van der Waals surface area (Å²) in [7, 11) is 3.44. The van der Waals surface area contributed by atoms with Crippen LogP contribution in [0.15, 0.2) is 24.3 Å². The monoisotopic (exact) mass is 389 g/mol. The van der Waals surface area contributed by atoms with Crippen LogP contribution in [0.3, 0.4) is 0 Å². The Morgan fingerprint density at radius 2 is 2.07 bits per heavy atom. The average molecular weight is 390 g/mol. The Hall–Kier alpha value is -1.99. The van der Waals surface area contributed by atoms with E-state index in [1.54, 1.807) is 11.3 Å². The van der Waals surface area contributed by atoms with Crippen LogP contribution in [0.25, 0.3) is 10.2 Å². The summed E-state index contributed by atoms with van der Waals surface area (Å²) in [4.78, 5) is 30.4. The molecule has 0 bridgehead atoms. The van der Waals surface area contributed by atoms with E-state index in [0.29, 0.717) is 19.4 Å². The number of carbonyl (C=O) groups excluding carboxylic acids is 2. The summed E-state index contributed by atoms with van der Waals surface area (Å²) in [5, 5.41) is 4.13. The van der Waals surface area contributed by atoms with Gasteiger partial charge in [0.05, 0.1) is 28.8 Å². The molecule has 1 aliphatic rings. The number of carbonyl (C=O) groups is 2. The van der Waals surface area contributed by atoms with E-state index in [9.17, 15) is 9.59 Å². The van der Waals surface area contributed by atoms with E-state index in [4.69, 9.17) is 4.74 Å². The zero-order chi connectivity index (χ0) is 19.2. The molecular weight excluding hydrogens is 362 g/mol. The van der Waals surface area contributed by atoms with Gasteiger partial charge in [0.15, 0.2) is 0 Å². The topological polar surface area (TPSA) is 71.5 Å². The van der Waals surface area contributed by atoms with Crippen molar-refractivity contribution in [1.82, 2.24) is 15.2 Å². The Morgan fingerprint density at radius 3 is 2.85 bits per heavy atom. The average Bonchev–Trinajstić information content (AvgIpc) is 3.23. The van der Waals surface area contributed by atoms with E-state index >= 15 is 0 Å². The van der Waals surface area contributed by atoms with E-state index in [0.717, 1.165) is 36.2 Å². The number of methoxy groups -OCH3 is 1. The molecular formula is C20H27N3O3S. The molecule has 2 aromatic rings. The summed E-state index contributed by atoms with van der Waals surface area (Å²) in [5.41, 5.74) is 1.03. The summed E-state index contributed by atoms with van der Waals surface area (Å²) < 4.78 is 5.95. The van der Waals surface area contributed by atoms with Gasteiger partial charge >= 0.3 is 5.97 Å². The Balaban J connectivity index is 1.36. The summed E-state index contributed by atoms with van der Waals surface area (Å²) in [6, 6.07) is 8.61. The van der Waals surface area contributed by atoms with Gasteiger partial charge in [-0.15, -0.1) is 11.3 Å². The van der Waals surface area contributed by atoms with Gasteiger partial charge in [0.2, 0.25) is 5.91 Å². The number of hydrogen-bond acceptors (Lipinski definition) is 6. The van der Waals surface area contributed by atoms with Crippen molar-refractivity contribution in [1.29, 1.82) is 0 Å². The van der Waals surface area contributed by atoms with Gasteiger partial charge in [0.1, 0.15) is 0 Å². The number of likely N-dealkylation sites (tertiary alicyclic amines) is 1. The molecule has 1 amide bonds. The van der Waals surface area contributed by atoms with Crippen LogP contribution in [0.4, 0.5) is 0 Å². The summed E-state index contributed by atoms with van der Waals surface area (Å²) in [6.07, 6.45) is 4.51. The van der Waals surface area contributed by atoms with Crippen LogP contribution in [-0.4, -0.2) is 54.5 Å². The normalized spacial score (nSPS) is 20.1. The van der Waals surface area contributed by atoms with Crippen LogP contribution in [0.2, 0.25) is 0 Å². The highest BCUT2D eigenvalue weighted by Crippen LogP contribution is 2.25. The summed E-state index contributed by atoms with van der Waals surface area (Å²) in [5.74, 6) is -0.0905. The van der Waals surface area contributed by atoms with Crippen molar-refractivity contribution in [3.63, 3.8) is 0 Å². The standard InChI is InChI=1S/C20H27N3O3S/c1-23-14(12-20(25)26-2)10-11-15(23)13-21-18(24)8-5-9-19-22-16-6-3-4-7-17(16)27-19/h3-4,6-7,14-15H,5,8-13H2,1-2H3,(H,21,24)/t14-,15+/m1/s1.